The predicted octanol–water partition coefficient (Wildman–Crippen LogP) is 3.48. The summed E-state index contributed by atoms with van der Waals surface area (Å²) in [5, 5.41) is 17.0. The second kappa shape index (κ2) is 17.7. The van der Waals surface area contributed by atoms with Crippen LogP contribution < -0.4 is 10.6 Å². The number of amides is 1. The van der Waals surface area contributed by atoms with Crippen LogP contribution in [0, 0.1) is 0 Å². The molecule has 3 N–H and O–H groups in total. The maximum atomic E-state index is 11.1. The van der Waals surface area contributed by atoms with E-state index in [1.165, 1.54) is 11.1 Å². The molecule has 0 bridgehead atoms. The second-order valence-corrected chi connectivity index (χ2v) is 6.67. The summed E-state index contributed by atoms with van der Waals surface area (Å²) in [6.45, 7) is 5.23. The number of halogens is 2. The first-order chi connectivity index (χ1) is 13.8. The minimum atomic E-state index is -0.375. The number of oxime groups is 1. The molecule has 166 valence electrons. The van der Waals surface area contributed by atoms with Crippen LogP contribution >= 0.6 is 24.8 Å². The van der Waals surface area contributed by atoms with Gasteiger partial charge >= 0.3 is 0 Å². The lowest BCUT2D eigenvalue weighted by atomic mass is 10.1. The molecule has 30 heavy (non-hydrogen) atoms. The Labute approximate surface area is 191 Å². The first-order valence-electron chi connectivity index (χ1n) is 9.74. The number of carbonyl (C=O) groups is 1. The van der Waals surface area contributed by atoms with E-state index in [1.807, 2.05) is 12.1 Å². The fourth-order valence-electron chi connectivity index (χ4n) is 2.97. The molecule has 0 radical (unpaired) electrons. The molecule has 0 aliphatic rings. The lowest BCUT2D eigenvalue weighted by Crippen LogP contribution is -2.30. The summed E-state index contributed by atoms with van der Waals surface area (Å²) in [6, 6.07) is 21.1. The maximum Gasteiger partial charge on any atom is 0.265 e. The summed E-state index contributed by atoms with van der Waals surface area (Å²) in [5.41, 5.74) is 2.65. The maximum absolute atomic E-state index is 11.1. The second-order valence-electron chi connectivity index (χ2n) is 6.67. The summed E-state index contributed by atoms with van der Waals surface area (Å²) >= 11 is 0. The minimum absolute atomic E-state index is 0. The highest BCUT2D eigenvalue weighted by atomic mass is 35.5. The van der Waals surface area contributed by atoms with Crippen LogP contribution in [0.15, 0.2) is 65.8 Å². The van der Waals surface area contributed by atoms with Gasteiger partial charge in [0.25, 0.3) is 5.91 Å². The van der Waals surface area contributed by atoms with E-state index in [-0.39, 0.29) is 30.7 Å². The van der Waals surface area contributed by atoms with Gasteiger partial charge in [0, 0.05) is 26.2 Å². The summed E-state index contributed by atoms with van der Waals surface area (Å²) in [6.07, 6.45) is 2.76. The third kappa shape index (κ3) is 12.4. The van der Waals surface area contributed by atoms with Crippen molar-refractivity contribution in [3.8, 4) is 0 Å². The number of rotatable bonds is 13. The first-order valence-corrected chi connectivity index (χ1v) is 9.74. The number of nitrogens with zero attached hydrogens (tertiary/aromatic N) is 2. The molecule has 0 saturated heterocycles. The largest absolute Gasteiger partial charge is 0.411 e. The lowest BCUT2D eigenvalue weighted by Gasteiger charge is -2.23. The van der Waals surface area contributed by atoms with E-state index in [4.69, 9.17) is 5.21 Å². The molecule has 0 fully saturated rings. The van der Waals surface area contributed by atoms with Crippen molar-refractivity contribution in [2.24, 2.45) is 5.16 Å². The van der Waals surface area contributed by atoms with Crippen LogP contribution in [0.4, 0.5) is 0 Å². The molecule has 6 nitrogen and oxygen atoms in total. The van der Waals surface area contributed by atoms with E-state index >= 15 is 0 Å². The zero-order valence-electron chi connectivity index (χ0n) is 17.1. The van der Waals surface area contributed by atoms with Gasteiger partial charge in [0.1, 0.15) is 6.21 Å². The Morgan fingerprint density at radius 2 is 1.40 bits per heavy atom. The third-order valence-electron chi connectivity index (χ3n) is 4.33. The van der Waals surface area contributed by atoms with E-state index in [9.17, 15) is 4.79 Å². The zero-order valence-corrected chi connectivity index (χ0v) is 18.7. The summed E-state index contributed by atoms with van der Waals surface area (Å²) < 4.78 is 0. The van der Waals surface area contributed by atoms with Crippen LogP contribution in [0.1, 0.15) is 24.0 Å². The number of carbonyl (C=O) groups excluding carboxylic acids is 1. The average molecular weight is 455 g/mol. The van der Waals surface area contributed by atoms with Crippen molar-refractivity contribution in [1.29, 1.82) is 0 Å². The van der Waals surface area contributed by atoms with Gasteiger partial charge in [-0.25, -0.2) is 0 Å². The number of nitrogens with one attached hydrogen (secondary N) is 2. The van der Waals surface area contributed by atoms with Gasteiger partial charge in [-0.1, -0.05) is 65.8 Å². The average Bonchev–Trinajstić information content (AvgIpc) is 2.71. The molecule has 0 aliphatic carbocycles. The van der Waals surface area contributed by atoms with E-state index in [2.05, 4.69) is 69.2 Å². The molecule has 0 aromatic heterocycles. The standard InChI is InChI=1S/C22H30N4O2.2ClH/c27-22(17-25-28)24-15-7-13-23-14-8-16-26(18-20-9-3-1-4-10-20)19-21-11-5-2-6-12-21;;/h1-6,9-12,17,23,28H,7-8,13-16,18-19H2,(H,24,27);2*1H. The third-order valence-corrected chi connectivity index (χ3v) is 4.33. The SMILES string of the molecule is Cl.Cl.O=C(C=NO)NCCCNCCCN(Cc1ccccc1)Cc1ccccc1. The molecule has 0 atom stereocenters. The van der Waals surface area contributed by atoms with Crippen LogP contribution in [0.25, 0.3) is 0 Å². The highest BCUT2D eigenvalue weighted by Crippen LogP contribution is 2.10. The molecule has 2 aromatic rings. The molecule has 1 amide bonds. The van der Waals surface area contributed by atoms with Crippen LogP contribution in [0.2, 0.25) is 0 Å². The molecule has 2 rings (SSSR count). The Bertz CT molecular complexity index is 661. The molecule has 0 spiro atoms. The van der Waals surface area contributed by atoms with Gasteiger partial charge < -0.3 is 15.8 Å². The van der Waals surface area contributed by atoms with Crippen LogP contribution in [-0.4, -0.2) is 48.4 Å². The Hall–Kier alpha value is -2.12. The van der Waals surface area contributed by atoms with Crippen LogP contribution in [-0.2, 0) is 17.9 Å². The molecular formula is C22H32Cl2N4O2. The van der Waals surface area contributed by atoms with Crippen LogP contribution in [0.3, 0.4) is 0 Å². The van der Waals surface area contributed by atoms with E-state index in [0.717, 1.165) is 51.8 Å². The van der Waals surface area contributed by atoms with Gasteiger partial charge in [0.15, 0.2) is 0 Å². The van der Waals surface area contributed by atoms with Crippen molar-refractivity contribution < 1.29 is 10.0 Å². The van der Waals surface area contributed by atoms with Crippen molar-refractivity contribution >= 4 is 36.9 Å². The van der Waals surface area contributed by atoms with Gasteiger partial charge in [-0.05, 0) is 37.1 Å². The van der Waals surface area contributed by atoms with Crippen molar-refractivity contribution in [3.05, 3.63) is 71.8 Å². The minimum Gasteiger partial charge on any atom is -0.411 e. The Balaban J connectivity index is 0.00000420. The highest BCUT2D eigenvalue weighted by molar-refractivity contribution is 6.25. The lowest BCUT2D eigenvalue weighted by molar-refractivity contribution is -0.114. The van der Waals surface area contributed by atoms with Gasteiger partial charge in [-0.3, -0.25) is 9.69 Å². The quantitative estimate of drug-likeness (QED) is 0.187. The van der Waals surface area contributed by atoms with Crippen molar-refractivity contribution in [2.75, 3.05) is 26.2 Å². The predicted molar refractivity (Wildman–Crippen MR) is 127 cm³/mol. The smallest absolute Gasteiger partial charge is 0.265 e. The fraction of sp³-hybridized carbons (Fsp3) is 0.364. The van der Waals surface area contributed by atoms with Gasteiger partial charge in [-0.2, -0.15) is 0 Å². The molecule has 0 saturated carbocycles. The summed E-state index contributed by atoms with van der Waals surface area (Å²) in [7, 11) is 0. The monoisotopic (exact) mass is 454 g/mol. The normalized spacial score (nSPS) is 10.4. The Kier molecular flexibility index (Phi) is 16.5. The van der Waals surface area contributed by atoms with Gasteiger partial charge in [0.2, 0.25) is 0 Å². The topological polar surface area (TPSA) is 77.0 Å². The van der Waals surface area contributed by atoms with Gasteiger partial charge in [0.05, 0.1) is 0 Å². The Morgan fingerprint density at radius 3 is 1.93 bits per heavy atom. The summed E-state index contributed by atoms with van der Waals surface area (Å²) in [4.78, 5) is 13.6. The van der Waals surface area contributed by atoms with Gasteiger partial charge in [-0.15, -0.1) is 24.8 Å². The number of hydrogen-bond acceptors (Lipinski definition) is 5. The Morgan fingerprint density at radius 1 is 0.867 bits per heavy atom. The molecule has 2 aromatic carbocycles. The number of hydrogen-bond donors (Lipinski definition) is 3. The molecule has 8 heteroatoms. The molecule has 0 aliphatic heterocycles. The first kappa shape index (κ1) is 27.9. The molecular weight excluding hydrogens is 423 g/mol. The van der Waals surface area contributed by atoms with Crippen LogP contribution in [0.5, 0.6) is 0 Å². The molecule has 0 unspecified atom stereocenters. The summed E-state index contributed by atoms with van der Waals surface area (Å²) in [5.74, 6) is -0.375. The van der Waals surface area contributed by atoms with Crippen molar-refractivity contribution in [1.82, 2.24) is 15.5 Å². The van der Waals surface area contributed by atoms with Crippen molar-refractivity contribution in [3.63, 3.8) is 0 Å². The van der Waals surface area contributed by atoms with E-state index < -0.39 is 0 Å². The number of benzene rings is 2. The van der Waals surface area contributed by atoms with E-state index in [1.54, 1.807) is 0 Å². The fourth-order valence-corrected chi connectivity index (χ4v) is 2.97. The zero-order chi connectivity index (χ0) is 19.9. The van der Waals surface area contributed by atoms with E-state index in [0.29, 0.717) is 6.54 Å². The highest BCUT2D eigenvalue weighted by Gasteiger charge is 2.07. The molecule has 0 heterocycles. The van der Waals surface area contributed by atoms with Crippen molar-refractivity contribution in [2.45, 2.75) is 25.9 Å².